The first kappa shape index (κ1) is 12.9. The average Bonchev–Trinajstić information content (AvgIpc) is 2.47. The predicted molar refractivity (Wildman–Crippen MR) is 67.1 cm³/mol. The Labute approximate surface area is 106 Å². The number of nitrogens with two attached hydrogens (primary N) is 1. The zero-order valence-corrected chi connectivity index (χ0v) is 10.4. The maximum atomic E-state index is 12.2. The van der Waals surface area contributed by atoms with Gasteiger partial charge in [0.25, 0.3) is 0 Å². The first-order chi connectivity index (χ1) is 8.73. The Balaban J connectivity index is 2.41. The lowest BCUT2D eigenvalue weighted by atomic mass is 9.73. The summed E-state index contributed by atoms with van der Waals surface area (Å²) in [5.41, 5.74) is 2.59. The number of rotatable bonds is 3. The van der Waals surface area contributed by atoms with E-state index in [2.05, 4.69) is 5.43 Å². The SMILES string of the molecule is COc1cccc(C2(C(=O)NN)CCOCC2)c1. The summed E-state index contributed by atoms with van der Waals surface area (Å²) < 4.78 is 10.6. The molecular formula is C13H18N2O3. The zero-order chi connectivity index (χ0) is 13.0. The minimum atomic E-state index is -0.610. The predicted octanol–water partition coefficient (Wildman–Crippen LogP) is 0.733. The van der Waals surface area contributed by atoms with Crippen LogP contribution in [-0.4, -0.2) is 26.2 Å². The third-order valence-electron chi connectivity index (χ3n) is 3.53. The fraction of sp³-hybridized carbons (Fsp3) is 0.462. The average molecular weight is 250 g/mol. The van der Waals surface area contributed by atoms with Crippen molar-refractivity contribution in [2.75, 3.05) is 20.3 Å². The molecule has 0 spiro atoms. The fourth-order valence-electron chi connectivity index (χ4n) is 2.43. The van der Waals surface area contributed by atoms with Crippen LogP contribution in [-0.2, 0) is 14.9 Å². The van der Waals surface area contributed by atoms with E-state index in [0.717, 1.165) is 11.3 Å². The van der Waals surface area contributed by atoms with Gasteiger partial charge in [-0.25, -0.2) is 5.84 Å². The zero-order valence-electron chi connectivity index (χ0n) is 10.4. The molecule has 0 bridgehead atoms. The highest BCUT2D eigenvalue weighted by Crippen LogP contribution is 2.36. The standard InChI is InChI=1S/C13H18N2O3/c1-17-11-4-2-3-10(9-11)13(12(16)15-14)5-7-18-8-6-13/h2-4,9H,5-8,14H2,1H3,(H,15,16). The number of carbonyl (C=O) groups is 1. The molecule has 1 amide bonds. The van der Waals surface area contributed by atoms with Crippen LogP contribution in [0.5, 0.6) is 5.75 Å². The summed E-state index contributed by atoms with van der Waals surface area (Å²) in [6.07, 6.45) is 1.26. The number of hydrogen-bond acceptors (Lipinski definition) is 4. The van der Waals surface area contributed by atoms with Gasteiger partial charge in [-0.15, -0.1) is 0 Å². The number of methoxy groups -OCH3 is 1. The van der Waals surface area contributed by atoms with Crippen LogP contribution in [0.25, 0.3) is 0 Å². The van der Waals surface area contributed by atoms with Crippen LogP contribution in [0.4, 0.5) is 0 Å². The number of hydrogen-bond donors (Lipinski definition) is 2. The van der Waals surface area contributed by atoms with Crippen molar-refractivity contribution >= 4 is 5.91 Å². The molecule has 1 aliphatic rings. The maximum absolute atomic E-state index is 12.2. The second kappa shape index (κ2) is 5.37. The van der Waals surface area contributed by atoms with Gasteiger partial charge in [0.15, 0.2) is 0 Å². The molecule has 5 heteroatoms. The van der Waals surface area contributed by atoms with E-state index in [9.17, 15) is 4.79 Å². The summed E-state index contributed by atoms with van der Waals surface area (Å²) in [7, 11) is 1.61. The minimum Gasteiger partial charge on any atom is -0.497 e. The Morgan fingerprint density at radius 2 is 2.17 bits per heavy atom. The van der Waals surface area contributed by atoms with Crippen molar-refractivity contribution in [3.05, 3.63) is 29.8 Å². The quantitative estimate of drug-likeness (QED) is 0.471. The largest absolute Gasteiger partial charge is 0.497 e. The van der Waals surface area contributed by atoms with E-state index in [1.807, 2.05) is 24.3 Å². The molecule has 1 aromatic rings. The molecule has 2 rings (SSSR count). The molecule has 98 valence electrons. The fourth-order valence-corrected chi connectivity index (χ4v) is 2.43. The van der Waals surface area contributed by atoms with Gasteiger partial charge < -0.3 is 9.47 Å². The van der Waals surface area contributed by atoms with Gasteiger partial charge in [0, 0.05) is 13.2 Å². The summed E-state index contributed by atoms with van der Waals surface area (Å²) in [5.74, 6) is 5.90. The number of ether oxygens (including phenoxy) is 2. The van der Waals surface area contributed by atoms with Crippen LogP contribution in [0.2, 0.25) is 0 Å². The van der Waals surface area contributed by atoms with Gasteiger partial charge in [-0.3, -0.25) is 10.2 Å². The molecule has 1 aromatic carbocycles. The molecule has 3 N–H and O–H groups in total. The molecule has 1 saturated heterocycles. The van der Waals surface area contributed by atoms with E-state index in [0.29, 0.717) is 26.1 Å². The van der Waals surface area contributed by atoms with Gasteiger partial charge in [-0.05, 0) is 30.5 Å². The third kappa shape index (κ3) is 2.19. The van der Waals surface area contributed by atoms with E-state index in [-0.39, 0.29) is 5.91 Å². The summed E-state index contributed by atoms with van der Waals surface area (Å²) >= 11 is 0. The second-order valence-corrected chi connectivity index (χ2v) is 4.40. The number of nitrogens with one attached hydrogen (secondary N) is 1. The van der Waals surface area contributed by atoms with Crippen LogP contribution in [0.3, 0.4) is 0 Å². The smallest absolute Gasteiger partial charge is 0.244 e. The number of carbonyl (C=O) groups excluding carboxylic acids is 1. The number of hydrazine groups is 1. The third-order valence-corrected chi connectivity index (χ3v) is 3.53. The molecular weight excluding hydrogens is 232 g/mol. The van der Waals surface area contributed by atoms with Crippen molar-refractivity contribution in [1.29, 1.82) is 0 Å². The highest BCUT2D eigenvalue weighted by atomic mass is 16.5. The van der Waals surface area contributed by atoms with E-state index in [1.165, 1.54) is 0 Å². The second-order valence-electron chi connectivity index (χ2n) is 4.40. The van der Waals surface area contributed by atoms with Crippen LogP contribution in [0.15, 0.2) is 24.3 Å². The summed E-state index contributed by atoms with van der Waals surface area (Å²) in [6.45, 7) is 1.12. The highest BCUT2D eigenvalue weighted by Gasteiger charge is 2.41. The Kier molecular flexibility index (Phi) is 3.84. The van der Waals surface area contributed by atoms with Crippen molar-refractivity contribution < 1.29 is 14.3 Å². The molecule has 0 saturated carbocycles. The van der Waals surface area contributed by atoms with Crippen LogP contribution >= 0.6 is 0 Å². The molecule has 0 aromatic heterocycles. The van der Waals surface area contributed by atoms with E-state index in [1.54, 1.807) is 7.11 Å². The Morgan fingerprint density at radius 1 is 1.44 bits per heavy atom. The normalized spacial score (nSPS) is 18.1. The van der Waals surface area contributed by atoms with E-state index in [4.69, 9.17) is 15.3 Å². The summed E-state index contributed by atoms with van der Waals surface area (Å²) in [5, 5.41) is 0. The monoisotopic (exact) mass is 250 g/mol. The lowest BCUT2D eigenvalue weighted by Crippen LogP contribution is -2.50. The van der Waals surface area contributed by atoms with Gasteiger partial charge in [0.2, 0.25) is 5.91 Å². The first-order valence-corrected chi connectivity index (χ1v) is 5.96. The van der Waals surface area contributed by atoms with Crippen molar-refractivity contribution in [2.24, 2.45) is 5.84 Å². The van der Waals surface area contributed by atoms with Crippen molar-refractivity contribution in [1.82, 2.24) is 5.43 Å². The highest BCUT2D eigenvalue weighted by molar-refractivity contribution is 5.88. The van der Waals surface area contributed by atoms with Crippen molar-refractivity contribution in [3.8, 4) is 5.75 Å². The minimum absolute atomic E-state index is 0.168. The number of benzene rings is 1. The Hall–Kier alpha value is -1.59. The lowest BCUT2D eigenvalue weighted by molar-refractivity contribution is -0.130. The van der Waals surface area contributed by atoms with Crippen LogP contribution in [0, 0.1) is 0 Å². The van der Waals surface area contributed by atoms with Gasteiger partial charge in [0.05, 0.1) is 12.5 Å². The topological polar surface area (TPSA) is 73.6 Å². The molecule has 0 atom stereocenters. The summed E-state index contributed by atoms with van der Waals surface area (Å²) in [6, 6.07) is 7.57. The lowest BCUT2D eigenvalue weighted by Gasteiger charge is -2.35. The molecule has 0 unspecified atom stereocenters. The van der Waals surface area contributed by atoms with Crippen molar-refractivity contribution in [2.45, 2.75) is 18.3 Å². The molecule has 0 aliphatic carbocycles. The van der Waals surface area contributed by atoms with Gasteiger partial charge in [-0.1, -0.05) is 12.1 Å². The van der Waals surface area contributed by atoms with Crippen molar-refractivity contribution in [3.63, 3.8) is 0 Å². The molecule has 1 fully saturated rings. The van der Waals surface area contributed by atoms with Crippen LogP contribution in [0.1, 0.15) is 18.4 Å². The van der Waals surface area contributed by atoms with E-state index < -0.39 is 5.41 Å². The molecule has 0 radical (unpaired) electrons. The Morgan fingerprint density at radius 3 is 2.78 bits per heavy atom. The van der Waals surface area contributed by atoms with Gasteiger partial charge in [-0.2, -0.15) is 0 Å². The summed E-state index contributed by atoms with van der Waals surface area (Å²) in [4.78, 5) is 12.2. The number of amides is 1. The maximum Gasteiger partial charge on any atom is 0.244 e. The molecule has 1 aliphatic heterocycles. The van der Waals surface area contributed by atoms with Gasteiger partial charge >= 0.3 is 0 Å². The first-order valence-electron chi connectivity index (χ1n) is 5.96. The molecule has 5 nitrogen and oxygen atoms in total. The molecule has 18 heavy (non-hydrogen) atoms. The Bertz CT molecular complexity index is 428. The van der Waals surface area contributed by atoms with Gasteiger partial charge in [0.1, 0.15) is 5.75 Å². The van der Waals surface area contributed by atoms with E-state index >= 15 is 0 Å². The van der Waals surface area contributed by atoms with Crippen LogP contribution < -0.4 is 16.0 Å². The molecule has 1 heterocycles.